The van der Waals surface area contributed by atoms with Crippen LogP contribution in [0.15, 0.2) is 0 Å². The molecule has 1 heterocycles. The van der Waals surface area contributed by atoms with Gasteiger partial charge in [-0.2, -0.15) is 0 Å². The van der Waals surface area contributed by atoms with E-state index in [-0.39, 0.29) is 6.23 Å². The van der Waals surface area contributed by atoms with E-state index in [0.29, 0.717) is 4.05 Å². The maximum atomic E-state index is 5.65. The van der Waals surface area contributed by atoms with Gasteiger partial charge in [-0.05, 0) is 33.2 Å². The molecule has 0 amide bonds. The Morgan fingerprint density at radius 3 is 2.75 bits per heavy atom. The first-order valence-corrected chi connectivity index (χ1v) is 5.71. The number of hydrogen-bond acceptors (Lipinski definition) is 3. The maximum Gasteiger partial charge on any atom is 0.124 e. The number of rotatable bonds is 3. The summed E-state index contributed by atoms with van der Waals surface area (Å²) in [5, 5.41) is 2.17. The molecular weight excluding hydrogens is 267 g/mol. The Bertz CT molecular complexity index is 126. The summed E-state index contributed by atoms with van der Waals surface area (Å²) in [6, 6.07) is 0. The minimum absolute atomic E-state index is 0.274. The minimum Gasteiger partial charge on any atom is -0.362 e. The highest BCUT2D eigenvalue weighted by Gasteiger charge is 2.23. The number of alkyl halides is 1. The summed E-state index contributed by atoms with van der Waals surface area (Å²) >= 11 is 2.39. The molecular formula is C8H17IN2O. The fraction of sp³-hybridized carbons (Fsp3) is 1.00. The Balaban J connectivity index is 2.40. The molecule has 4 heteroatoms. The molecule has 0 saturated carbocycles. The van der Waals surface area contributed by atoms with E-state index in [0.717, 1.165) is 13.0 Å². The van der Waals surface area contributed by atoms with Crippen LogP contribution in [0.4, 0.5) is 0 Å². The van der Waals surface area contributed by atoms with Crippen molar-refractivity contribution in [2.75, 3.05) is 13.7 Å². The van der Waals surface area contributed by atoms with Crippen LogP contribution < -0.4 is 5.43 Å². The van der Waals surface area contributed by atoms with Crippen LogP contribution in [-0.2, 0) is 4.74 Å². The summed E-state index contributed by atoms with van der Waals surface area (Å²) in [7, 11) is 1.95. The molecule has 1 N–H and O–H groups in total. The summed E-state index contributed by atoms with van der Waals surface area (Å²) in [4.78, 5) is 0. The average molecular weight is 284 g/mol. The van der Waals surface area contributed by atoms with E-state index >= 15 is 0 Å². The van der Waals surface area contributed by atoms with Gasteiger partial charge in [-0.1, -0.05) is 22.6 Å². The third-order valence-corrected chi connectivity index (χ3v) is 2.71. The predicted molar refractivity (Wildman–Crippen MR) is 58.0 cm³/mol. The number of nitrogens with zero attached hydrogens (tertiary/aromatic N) is 1. The SMILES string of the molecule is CNN(C(C)I)C1CCCCO1. The lowest BCUT2D eigenvalue weighted by Gasteiger charge is -2.35. The standard InChI is InChI=1S/C8H17IN2O/c1-7(9)11(10-2)8-5-3-4-6-12-8/h7-8,10H,3-6H2,1-2H3. The average Bonchev–Trinajstić information content (AvgIpc) is 2.07. The number of hydrogen-bond donors (Lipinski definition) is 1. The third kappa shape index (κ3) is 2.83. The molecule has 3 nitrogen and oxygen atoms in total. The topological polar surface area (TPSA) is 24.5 Å². The largest absolute Gasteiger partial charge is 0.362 e. The van der Waals surface area contributed by atoms with Crippen LogP contribution in [0.2, 0.25) is 0 Å². The molecule has 0 spiro atoms. The third-order valence-electron chi connectivity index (χ3n) is 2.11. The molecule has 0 aromatic heterocycles. The summed E-state index contributed by atoms with van der Waals surface area (Å²) in [5.74, 6) is 0. The molecule has 0 aromatic carbocycles. The van der Waals surface area contributed by atoms with Crippen LogP contribution >= 0.6 is 22.6 Å². The van der Waals surface area contributed by atoms with Crippen LogP contribution in [0.25, 0.3) is 0 Å². The van der Waals surface area contributed by atoms with Crippen molar-refractivity contribution >= 4 is 22.6 Å². The Labute approximate surface area is 87.9 Å². The zero-order valence-corrected chi connectivity index (χ0v) is 9.87. The van der Waals surface area contributed by atoms with Gasteiger partial charge in [0.2, 0.25) is 0 Å². The van der Waals surface area contributed by atoms with Crippen molar-refractivity contribution in [1.29, 1.82) is 0 Å². The molecule has 1 aliphatic rings. The zero-order valence-electron chi connectivity index (χ0n) is 7.72. The van der Waals surface area contributed by atoms with Crippen molar-refractivity contribution in [2.45, 2.75) is 36.5 Å². The van der Waals surface area contributed by atoms with Gasteiger partial charge in [0.05, 0.1) is 4.05 Å². The monoisotopic (exact) mass is 284 g/mol. The smallest absolute Gasteiger partial charge is 0.124 e. The second kappa shape index (κ2) is 5.36. The van der Waals surface area contributed by atoms with Gasteiger partial charge >= 0.3 is 0 Å². The van der Waals surface area contributed by atoms with Gasteiger partial charge in [0.15, 0.2) is 0 Å². The number of ether oxygens (including phenoxy) is 1. The van der Waals surface area contributed by atoms with E-state index in [1.54, 1.807) is 0 Å². The fourth-order valence-electron chi connectivity index (χ4n) is 1.49. The molecule has 0 aliphatic carbocycles. The van der Waals surface area contributed by atoms with Crippen LogP contribution in [0, 0.1) is 0 Å². The lowest BCUT2D eigenvalue weighted by atomic mass is 10.2. The van der Waals surface area contributed by atoms with E-state index in [4.69, 9.17) is 4.74 Å². The number of hydrazine groups is 1. The van der Waals surface area contributed by atoms with Crippen molar-refractivity contribution in [1.82, 2.24) is 10.4 Å². The van der Waals surface area contributed by atoms with Crippen LogP contribution in [0.1, 0.15) is 26.2 Å². The lowest BCUT2D eigenvalue weighted by molar-refractivity contribution is -0.105. The van der Waals surface area contributed by atoms with Crippen LogP contribution in [-0.4, -0.2) is 28.9 Å². The van der Waals surface area contributed by atoms with Crippen LogP contribution in [0.5, 0.6) is 0 Å². The molecule has 0 bridgehead atoms. The molecule has 0 radical (unpaired) electrons. The molecule has 1 aliphatic heterocycles. The predicted octanol–water partition coefficient (Wildman–Crippen LogP) is 1.73. The molecule has 12 heavy (non-hydrogen) atoms. The van der Waals surface area contributed by atoms with E-state index in [2.05, 4.69) is 39.9 Å². The normalized spacial score (nSPS) is 27.5. The Morgan fingerprint density at radius 2 is 2.33 bits per heavy atom. The molecule has 72 valence electrons. The van der Waals surface area contributed by atoms with Gasteiger partial charge in [-0.15, -0.1) is 0 Å². The van der Waals surface area contributed by atoms with E-state index < -0.39 is 0 Å². The van der Waals surface area contributed by atoms with Crippen molar-refractivity contribution in [2.24, 2.45) is 0 Å². The second-order valence-corrected chi connectivity index (χ2v) is 4.83. The molecule has 1 rings (SSSR count). The first kappa shape index (κ1) is 10.7. The highest BCUT2D eigenvalue weighted by Crippen LogP contribution is 2.18. The summed E-state index contributed by atoms with van der Waals surface area (Å²) < 4.78 is 6.12. The van der Waals surface area contributed by atoms with E-state index in [1.807, 2.05) is 7.05 Å². The molecule has 2 atom stereocenters. The first-order chi connectivity index (χ1) is 5.75. The van der Waals surface area contributed by atoms with Gasteiger partial charge in [0.25, 0.3) is 0 Å². The fourth-order valence-corrected chi connectivity index (χ4v) is 2.13. The van der Waals surface area contributed by atoms with Gasteiger partial charge in [0.1, 0.15) is 6.23 Å². The minimum atomic E-state index is 0.274. The Kier molecular flexibility index (Phi) is 4.78. The summed E-state index contributed by atoms with van der Waals surface area (Å²) in [6.45, 7) is 3.07. The van der Waals surface area contributed by atoms with Gasteiger partial charge in [-0.25, -0.2) is 5.01 Å². The van der Waals surface area contributed by atoms with Crippen LogP contribution in [0.3, 0.4) is 0 Å². The van der Waals surface area contributed by atoms with E-state index in [1.165, 1.54) is 12.8 Å². The van der Waals surface area contributed by atoms with E-state index in [9.17, 15) is 0 Å². The van der Waals surface area contributed by atoms with Gasteiger partial charge < -0.3 is 4.74 Å². The van der Waals surface area contributed by atoms with Gasteiger partial charge in [-0.3, -0.25) is 5.43 Å². The molecule has 2 unspecified atom stereocenters. The molecule has 0 aromatic rings. The number of nitrogens with one attached hydrogen (secondary N) is 1. The zero-order chi connectivity index (χ0) is 8.97. The lowest BCUT2D eigenvalue weighted by Crippen LogP contribution is -2.49. The quantitative estimate of drug-likeness (QED) is 0.370. The molecule has 1 fully saturated rings. The number of halogens is 1. The van der Waals surface area contributed by atoms with Crippen molar-refractivity contribution in [3.05, 3.63) is 0 Å². The maximum absolute atomic E-state index is 5.65. The van der Waals surface area contributed by atoms with Crippen molar-refractivity contribution in [3.8, 4) is 0 Å². The van der Waals surface area contributed by atoms with Crippen molar-refractivity contribution in [3.63, 3.8) is 0 Å². The molecule has 1 saturated heterocycles. The summed E-state index contributed by atoms with van der Waals surface area (Å²) in [6.07, 6.45) is 3.92. The second-order valence-electron chi connectivity index (χ2n) is 3.03. The first-order valence-electron chi connectivity index (χ1n) is 4.47. The highest BCUT2D eigenvalue weighted by molar-refractivity contribution is 14.1. The Hall–Kier alpha value is 0.610. The summed E-state index contributed by atoms with van der Waals surface area (Å²) in [5.41, 5.74) is 3.17. The highest BCUT2D eigenvalue weighted by atomic mass is 127. The Morgan fingerprint density at radius 1 is 1.58 bits per heavy atom. The van der Waals surface area contributed by atoms with Gasteiger partial charge in [0, 0.05) is 6.61 Å². The van der Waals surface area contributed by atoms with Crippen molar-refractivity contribution < 1.29 is 4.74 Å².